The third kappa shape index (κ3) is 2.49. The van der Waals surface area contributed by atoms with Crippen LogP contribution in [0.15, 0.2) is 11.0 Å². The SMILES string of the molecule is COC1(CNc2nc3c(cnn3C(C)(C)C)c(=O)[nH]2)CCC1. The molecule has 1 aliphatic rings. The van der Waals surface area contributed by atoms with Crippen LogP contribution in [0.2, 0.25) is 0 Å². The molecule has 0 spiro atoms. The van der Waals surface area contributed by atoms with Crippen molar-refractivity contribution in [3.63, 3.8) is 0 Å². The van der Waals surface area contributed by atoms with Crippen LogP contribution in [-0.4, -0.2) is 39.0 Å². The fraction of sp³-hybridized carbons (Fsp3) is 0.667. The van der Waals surface area contributed by atoms with Gasteiger partial charge in [0.05, 0.1) is 17.3 Å². The number of hydrogen-bond donors (Lipinski definition) is 2. The molecule has 0 bridgehead atoms. The molecule has 22 heavy (non-hydrogen) atoms. The molecule has 3 rings (SSSR count). The van der Waals surface area contributed by atoms with Crippen LogP contribution in [0.5, 0.6) is 0 Å². The lowest BCUT2D eigenvalue weighted by atomic mass is 9.80. The standard InChI is InChI=1S/C15H23N5O2/c1-14(2,3)20-11-10(8-17-20)12(21)19-13(18-11)16-9-15(22-4)6-5-7-15/h8H,5-7,9H2,1-4H3,(H2,16,18,19,21). The summed E-state index contributed by atoms with van der Waals surface area (Å²) in [7, 11) is 1.73. The van der Waals surface area contributed by atoms with Gasteiger partial charge in [0.25, 0.3) is 5.56 Å². The number of methoxy groups -OCH3 is 1. The van der Waals surface area contributed by atoms with Crippen LogP contribution in [-0.2, 0) is 10.3 Å². The van der Waals surface area contributed by atoms with Crippen LogP contribution in [0.4, 0.5) is 5.95 Å². The number of rotatable bonds is 4. The van der Waals surface area contributed by atoms with Crippen molar-refractivity contribution < 1.29 is 4.74 Å². The molecule has 0 atom stereocenters. The average Bonchev–Trinajstić information content (AvgIpc) is 2.82. The van der Waals surface area contributed by atoms with Crippen molar-refractivity contribution in [2.75, 3.05) is 19.0 Å². The molecule has 2 aromatic heterocycles. The van der Waals surface area contributed by atoms with E-state index in [1.54, 1.807) is 18.0 Å². The molecule has 2 N–H and O–H groups in total. The van der Waals surface area contributed by atoms with Gasteiger partial charge in [-0.1, -0.05) is 0 Å². The summed E-state index contributed by atoms with van der Waals surface area (Å²) in [5, 5.41) is 8.01. The fourth-order valence-corrected chi connectivity index (χ4v) is 2.76. The van der Waals surface area contributed by atoms with Crippen LogP contribution in [0.25, 0.3) is 11.0 Å². The first kappa shape index (κ1) is 15.0. The Morgan fingerprint density at radius 3 is 2.73 bits per heavy atom. The lowest BCUT2D eigenvalue weighted by Crippen LogP contribution is -2.45. The van der Waals surface area contributed by atoms with Crippen molar-refractivity contribution in [3.05, 3.63) is 16.6 Å². The third-order valence-electron chi connectivity index (χ3n) is 4.35. The second-order valence-corrected chi connectivity index (χ2v) is 6.97. The first-order chi connectivity index (χ1) is 10.3. The first-order valence-corrected chi connectivity index (χ1v) is 7.62. The second kappa shape index (κ2) is 5.08. The molecule has 0 aromatic carbocycles. The largest absolute Gasteiger partial charge is 0.376 e. The maximum atomic E-state index is 12.2. The molecule has 120 valence electrons. The Balaban J connectivity index is 1.92. The molecule has 0 radical (unpaired) electrons. The normalized spacial score (nSPS) is 17.5. The number of nitrogens with one attached hydrogen (secondary N) is 2. The highest BCUT2D eigenvalue weighted by Gasteiger charge is 2.36. The van der Waals surface area contributed by atoms with Crippen molar-refractivity contribution in [2.24, 2.45) is 0 Å². The Morgan fingerprint density at radius 2 is 2.18 bits per heavy atom. The molecule has 0 saturated heterocycles. The summed E-state index contributed by atoms with van der Waals surface area (Å²) in [4.78, 5) is 19.5. The van der Waals surface area contributed by atoms with E-state index in [1.807, 2.05) is 20.8 Å². The average molecular weight is 305 g/mol. The smallest absolute Gasteiger partial charge is 0.263 e. The van der Waals surface area contributed by atoms with E-state index in [0.29, 0.717) is 23.5 Å². The number of aromatic amines is 1. The number of ether oxygens (including phenoxy) is 1. The summed E-state index contributed by atoms with van der Waals surface area (Å²) < 4.78 is 7.35. The molecular formula is C15H23N5O2. The van der Waals surface area contributed by atoms with Gasteiger partial charge in [-0.25, -0.2) is 4.68 Å². The molecule has 0 aliphatic heterocycles. The molecule has 2 aromatic rings. The highest BCUT2D eigenvalue weighted by atomic mass is 16.5. The zero-order chi connectivity index (χ0) is 16.0. The topological polar surface area (TPSA) is 84.8 Å². The quantitative estimate of drug-likeness (QED) is 0.900. The molecule has 1 aliphatic carbocycles. The Labute approximate surface area is 129 Å². The highest BCUT2D eigenvalue weighted by molar-refractivity contribution is 5.74. The zero-order valence-electron chi connectivity index (χ0n) is 13.6. The van der Waals surface area contributed by atoms with Crippen molar-refractivity contribution in [2.45, 2.75) is 51.2 Å². The van der Waals surface area contributed by atoms with Gasteiger partial charge < -0.3 is 10.1 Å². The van der Waals surface area contributed by atoms with Gasteiger partial charge in [0, 0.05) is 13.7 Å². The number of hydrogen-bond acceptors (Lipinski definition) is 5. The number of anilines is 1. The van der Waals surface area contributed by atoms with E-state index >= 15 is 0 Å². The highest BCUT2D eigenvalue weighted by Crippen LogP contribution is 2.34. The fourth-order valence-electron chi connectivity index (χ4n) is 2.76. The van der Waals surface area contributed by atoms with Crippen LogP contribution < -0.4 is 10.9 Å². The molecule has 1 fully saturated rings. The van der Waals surface area contributed by atoms with E-state index in [9.17, 15) is 4.79 Å². The number of aromatic nitrogens is 4. The third-order valence-corrected chi connectivity index (χ3v) is 4.35. The van der Waals surface area contributed by atoms with Gasteiger partial charge in [0.2, 0.25) is 5.95 Å². The summed E-state index contributed by atoms with van der Waals surface area (Å²) in [6, 6.07) is 0. The van der Waals surface area contributed by atoms with Crippen LogP contribution >= 0.6 is 0 Å². The predicted octanol–water partition coefficient (Wildman–Crippen LogP) is 1.86. The van der Waals surface area contributed by atoms with Gasteiger partial charge in [0.15, 0.2) is 5.65 Å². The minimum atomic E-state index is -0.235. The molecule has 2 heterocycles. The summed E-state index contributed by atoms with van der Waals surface area (Å²) in [6.07, 6.45) is 4.81. The van der Waals surface area contributed by atoms with Crippen LogP contribution in [0, 0.1) is 0 Å². The Bertz CT molecular complexity index is 731. The maximum absolute atomic E-state index is 12.2. The Kier molecular flexibility index (Phi) is 3.47. The minimum Gasteiger partial charge on any atom is -0.376 e. The molecule has 1 saturated carbocycles. The predicted molar refractivity (Wildman–Crippen MR) is 85.2 cm³/mol. The summed E-state index contributed by atoms with van der Waals surface area (Å²) in [6.45, 7) is 6.73. The van der Waals surface area contributed by atoms with Gasteiger partial charge >= 0.3 is 0 Å². The molecule has 7 heteroatoms. The van der Waals surface area contributed by atoms with E-state index < -0.39 is 0 Å². The van der Waals surface area contributed by atoms with Gasteiger partial charge in [0.1, 0.15) is 5.39 Å². The van der Waals surface area contributed by atoms with E-state index in [0.717, 1.165) is 12.8 Å². The van der Waals surface area contributed by atoms with Crippen molar-refractivity contribution in [1.82, 2.24) is 19.7 Å². The molecule has 7 nitrogen and oxygen atoms in total. The number of H-pyrrole nitrogens is 1. The van der Waals surface area contributed by atoms with Gasteiger partial charge in [-0.05, 0) is 40.0 Å². The van der Waals surface area contributed by atoms with E-state index in [-0.39, 0.29) is 16.7 Å². The van der Waals surface area contributed by atoms with Crippen LogP contribution in [0.3, 0.4) is 0 Å². The Morgan fingerprint density at radius 1 is 1.45 bits per heavy atom. The monoisotopic (exact) mass is 305 g/mol. The maximum Gasteiger partial charge on any atom is 0.263 e. The first-order valence-electron chi connectivity index (χ1n) is 7.62. The van der Waals surface area contributed by atoms with E-state index in [4.69, 9.17) is 4.74 Å². The van der Waals surface area contributed by atoms with Gasteiger partial charge in [-0.2, -0.15) is 10.1 Å². The zero-order valence-corrected chi connectivity index (χ0v) is 13.6. The molecular weight excluding hydrogens is 282 g/mol. The minimum absolute atomic E-state index is 0.127. The summed E-state index contributed by atoms with van der Waals surface area (Å²) in [5.74, 6) is 0.465. The number of nitrogens with zero attached hydrogens (tertiary/aromatic N) is 3. The van der Waals surface area contributed by atoms with Crippen LogP contribution in [0.1, 0.15) is 40.0 Å². The van der Waals surface area contributed by atoms with Crippen molar-refractivity contribution in [1.29, 1.82) is 0 Å². The van der Waals surface area contributed by atoms with Gasteiger partial charge in [-0.3, -0.25) is 9.78 Å². The summed E-state index contributed by atoms with van der Waals surface area (Å²) in [5.41, 5.74) is 0.0567. The second-order valence-electron chi connectivity index (χ2n) is 6.97. The van der Waals surface area contributed by atoms with E-state index in [1.165, 1.54) is 6.42 Å². The lowest BCUT2D eigenvalue weighted by molar-refractivity contribution is -0.0602. The molecule has 0 amide bonds. The lowest BCUT2D eigenvalue weighted by Gasteiger charge is -2.40. The van der Waals surface area contributed by atoms with Crippen molar-refractivity contribution >= 4 is 17.0 Å². The summed E-state index contributed by atoms with van der Waals surface area (Å²) >= 11 is 0. The number of fused-ring (bicyclic) bond motifs is 1. The Hall–Kier alpha value is -1.89. The van der Waals surface area contributed by atoms with E-state index in [2.05, 4.69) is 20.4 Å². The molecule has 0 unspecified atom stereocenters. The van der Waals surface area contributed by atoms with Crippen molar-refractivity contribution in [3.8, 4) is 0 Å². The van der Waals surface area contributed by atoms with Gasteiger partial charge in [-0.15, -0.1) is 0 Å².